The fourth-order valence-corrected chi connectivity index (χ4v) is 3.41. The standard InChI is InChI=1S/C20H23N3O2/c1-24-20-9-8-15(18-6-2-3-7-19(18)20)11-21-16-12-22-23(13-16)14-17-5-4-10-25-17/h2-3,6-9,12-13,17,21H,4-5,10-11,14H2,1H3/t17-/m1/s1. The molecule has 1 fully saturated rings. The van der Waals surface area contributed by atoms with Crippen LogP contribution in [0.25, 0.3) is 10.8 Å². The molecule has 0 aliphatic carbocycles. The summed E-state index contributed by atoms with van der Waals surface area (Å²) in [6, 6.07) is 12.5. The molecule has 4 rings (SSSR count). The van der Waals surface area contributed by atoms with Crippen molar-refractivity contribution in [2.24, 2.45) is 0 Å². The Bertz CT molecular complexity index is 853. The van der Waals surface area contributed by atoms with E-state index in [9.17, 15) is 0 Å². The molecular formula is C20H23N3O2. The molecule has 1 N–H and O–H groups in total. The number of methoxy groups -OCH3 is 1. The van der Waals surface area contributed by atoms with Crippen LogP contribution in [0.5, 0.6) is 5.75 Å². The van der Waals surface area contributed by atoms with Crippen LogP contribution in [-0.4, -0.2) is 29.6 Å². The summed E-state index contributed by atoms with van der Waals surface area (Å²) in [7, 11) is 1.71. The van der Waals surface area contributed by atoms with E-state index >= 15 is 0 Å². The van der Waals surface area contributed by atoms with E-state index in [0.717, 1.165) is 49.4 Å². The summed E-state index contributed by atoms with van der Waals surface area (Å²) >= 11 is 0. The van der Waals surface area contributed by atoms with Gasteiger partial charge in [0.15, 0.2) is 0 Å². The molecule has 0 radical (unpaired) electrons. The van der Waals surface area contributed by atoms with Gasteiger partial charge in [0.1, 0.15) is 5.75 Å². The zero-order valence-electron chi connectivity index (χ0n) is 14.4. The SMILES string of the molecule is COc1ccc(CNc2cnn(C[C@H]3CCCO3)c2)c2ccccc12. The maximum absolute atomic E-state index is 5.67. The first-order valence-corrected chi connectivity index (χ1v) is 8.76. The number of aromatic nitrogens is 2. The number of fused-ring (bicyclic) bond motifs is 1. The van der Waals surface area contributed by atoms with Crippen molar-refractivity contribution in [1.82, 2.24) is 9.78 Å². The van der Waals surface area contributed by atoms with Crippen LogP contribution in [0.2, 0.25) is 0 Å². The Labute approximate surface area is 147 Å². The van der Waals surface area contributed by atoms with Crippen LogP contribution in [-0.2, 0) is 17.8 Å². The van der Waals surface area contributed by atoms with Crippen LogP contribution in [0, 0.1) is 0 Å². The lowest BCUT2D eigenvalue weighted by Crippen LogP contribution is -2.15. The molecule has 3 aromatic rings. The van der Waals surface area contributed by atoms with Gasteiger partial charge in [-0.1, -0.05) is 30.3 Å². The van der Waals surface area contributed by atoms with Gasteiger partial charge in [-0.3, -0.25) is 4.68 Å². The highest BCUT2D eigenvalue weighted by atomic mass is 16.5. The molecule has 25 heavy (non-hydrogen) atoms. The summed E-state index contributed by atoms with van der Waals surface area (Å²) < 4.78 is 13.1. The maximum atomic E-state index is 5.67. The highest BCUT2D eigenvalue weighted by Crippen LogP contribution is 2.28. The van der Waals surface area contributed by atoms with Gasteiger partial charge in [-0.15, -0.1) is 0 Å². The third-order valence-electron chi connectivity index (χ3n) is 4.73. The third kappa shape index (κ3) is 3.46. The molecule has 130 valence electrons. The van der Waals surface area contributed by atoms with E-state index in [1.54, 1.807) is 7.11 Å². The molecule has 2 aromatic carbocycles. The van der Waals surface area contributed by atoms with Gasteiger partial charge in [0.05, 0.1) is 31.6 Å². The van der Waals surface area contributed by atoms with Gasteiger partial charge < -0.3 is 14.8 Å². The van der Waals surface area contributed by atoms with E-state index in [1.165, 1.54) is 10.9 Å². The minimum atomic E-state index is 0.304. The number of ether oxygens (including phenoxy) is 2. The Morgan fingerprint density at radius 3 is 2.92 bits per heavy atom. The van der Waals surface area contributed by atoms with E-state index in [0.29, 0.717) is 6.10 Å². The third-order valence-corrected chi connectivity index (χ3v) is 4.73. The summed E-state index contributed by atoms with van der Waals surface area (Å²) in [6.45, 7) is 2.45. The monoisotopic (exact) mass is 337 g/mol. The van der Waals surface area contributed by atoms with Crippen LogP contribution in [0.4, 0.5) is 5.69 Å². The van der Waals surface area contributed by atoms with E-state index < -0.39 is 0 Å². The largest absolute Gasteiger partial charge is 0.496 e. The zero-order valence-corrected chi connectivity index (χ0v) is 14.4. The first-order chi connectivity index (χ1) is 12.3. The van der Waals surface area contributed by atoms with Crippen molar-refractivity contribution >= 4 is 16.5 Å². The number of hydrogen-bond donors (Lipinski definition) is 1. The lowest BCUT2D eigenvalue weighted by molar-refractivity contribution is 0.0940. The normalized spacial score (nSPS) is 17.1. The maximum Gasteiger partial charge on any atom is 0.126 e. The molecule has 1 saturated heterocycles. The van der Waals surface area contributed by atoms with Crippen molar-refractivity contribution in [3.05, 3.63) is 54.4 Å². The van der Waals surface area contributed by atoms with Gasteiger partial charge in [-0.25, -0.2) is 0 Å². The first kappa shape index (κ1) is 16.0. The number of benzene rings is 2. The van der Waals surface area contributed by atoms with Crippen molar-refractivity contribution in [3.63, 3.8) is 0 Å². The molecular weight excluding hydrogens is 314 g/mol. The summed E-state index contributed by atoms with van der Waals surface area (Å²) in [4.78, 5) is 0. The molecule has 1 aromatic heterocycles. The van der Waals surface area contributed by atoms with E-state index in [2.05, 4.69) is 34.7 Å². The van der Waals surface area contributed by atoms with Crippen LogP contribution < -0.4 is 10.1 Å². The lowest BCUT2D eigenvalue weighted by atomic mass is 10.0. The van der Waals surface area contributed by atoms with Crippen LogP contribution in [0.1, 0.15) is 18.4 Å². The van der Waals surface area contributed by atoms with Crippen molar-refractivity contribution < 1.29 is 9.47 Å². The summed E-state index contributed by atoms with van der Waals surface area (Å²) in [5.41, 5.74) is 2.26. The molecule has 0 bridgehead atoms. The van der Waals surface area contributed by atoms with Gasteiger partial charge in [0, 0.05) is 24.7 Å². The number of rotatable bonds is 6. The smallest absolute Gasteiger partial charge is 0.126 e. The second-order valence-electron chi connectivity index (χ2n) is 6.41. The Hall–Kier alpha value is -2.53. The van der Waals surface area contributed by atoms with Gasteiger partial charge in [0.2, 0.25) is 0 Å². The van der Waals surface area contributed by atoms with Crippen LogP contribution >= 0.6 is 0 Å². The molecule has 0 spiro atoms. The van der Waals surface area contributed by atoms with Crippen LogP contribution in [0.3, 0.4) is 0 Å². The fourth-order valence-electron chi connectivity index (χ4n) is 3.41. The summed E-state index contributed by atoms with van der Waals surface area (Å²) in [5.74, 6) is 0.906. The average Bonchev–Trinajstić information content (AvgIpc) is 3.32. The molecule has 1 aliphatic heterocycles. The second-order valence-corrected chi connectivity index (χ2v) is 6.41. The molecule has 5 nitrogen and oxygen atoms in total. The Kier molecular flexibility index (Phi) is 4.57. The lowest BCUT2D eigenvalue weighted by Gasteiger charge is -2.11. The fraction of sp³-hybridized carbons (Fsp3) is 0.350. The predicted octanol–water partition coefficient (Wildman–Crippen LogP) is 3.84. The molecule has 0 unspecified atom stereocenters. The van der Waals surface area contributed by atoms with Crippen LogP contribution in [0.15, 0.2) is 48.8 Å². The molecule has 1 atom stereocenters. The number of nitrogens with zero attached hydrogens (tertiary/aromatic N) is 2. The molecule has 0 amide bonds. The number of anilines is 1. The first-order valence-electron chi connectivity index (χ1n) is 8.76. The Morgan fingerprint density at radius 2 is 2.12 bits per heavy atom. The molecule has 2 heterocycles. The van der Waals surface area contributed by atoms with Crippen molar-refractivity contribution in [1.29, 1.82) is 0 Å². The molecule has 1 aliphatic rings. The number of nitrogens with one attached hydrogen (secondary N) is 1. The van der Waals surface area contributed by atoms with Crippen molar-refractivity contribution in [2.45, 2.75) is 32.0 Å². The van der Waals surface area contributed by atoms with E-state index in [4.69, 9.17) is 9.47 Å². The topological polar surface area (TPSA) is 48.3 Å². The van der Waals surface area contributed by atoms with E-state index in [1.807, 2.05) is 29.2 Å². The highest BCUT2D eigenvalue weighted by molar-refractivity contribution is 5.91. The van der Waals surface area contributed by atoms with Gasteiger partial charge in [-0.2, -0.15) is 5.10 Å². The Morgan fingerprint density at radius 1 is 1.24 bits per heavy atom. The summed E-state index contributed by atoms with van der Waals surface area (Å²) in [5, 5.41) is 10.3. The minimum absolute atomic E-state index is 0.304. The second kappa shape index (κ2) is 7.15. The molecule has 5 heteroatoms. The predicted molar refractivity (Wildman–Crippen MR) is 99.0 cm³/mol. The van der Waals surface area contributed by atoms with Gasteiger partial charge in [-0.05, 0) is 29.9 Å². The highest BCUT2D eigenvalue weighted by Gasteiger charge is 2.16. The van der Waals surface area contributed by atoms with Gasteiger partial charge in [0.25, 0.3) is 0 Å². The summed E-state index contributed by atoms with van der Waals surface area (Å²) in [6.07, 6.45) is 6.51. The Balaban J connectivity index is 1.46. The number of hydrogen-bond acceptors (Lipinski definition) is 4. The molecule has 0 saturated carbocycles. The van der Waals surface area contributed by atoms with Crippen molar-refractivity contribution in [3.8, 4) is 5.75 Å². The van der Waals surface area contributed by atoms with E-state index in [-0.39, 0.29) is 0 Å². The average molecular weight is 337 g/mol. The quantitative estimate of drug-likeness (QED) is 0.742. The van der Waals surface area contributed by atoms with Crippen molar-refractivity contribution in [2.75, 3.05) is 19.0 Å². The van der Waals surface area contributed by atoms with Gasteiger partial charge >= 0.3 is 0 Å². The minimum Gasteiger partial charge on any atom is -0.496 e. The zero-order chi connectivity index (χ0) is 17.1.